The maximum absolute atomic E-state index is 10.9. The Morgan fingerprint density at radius 2 is 1.53 bits per heavy atom. The highest BCUT2D eigenvalue weighted by atomic mass is 79.9. The molecule has 0 aliphatic heterocycles. The molecule has 3 unspecified atom stereocenters. The molecular weight excluding hydrogens is 436 g/mol. The summed E-state index contributed by atoms with van der Waals surface area (Å²) < 4.78 is 1.09. The zero-order valence-corrected chi connectivity index (χ0v) is 20.3. The van der Waals surface area contributed by atoms with Crippen molar-refractivity contribution in [2.75, 3.05) is 0 Å². The van der Waals surface area contributed by atoms with Gasteiger partial charge in [-0.15, -0.1) is 0 Å². The van der Waals surface area contributed by atoms with Crippen molar-refractivity contribution in [2.45, 2.75) is 96.2 Å². The number of fused-ring (bicyclic) bond motifs is 3. The number of hydrogen-bond donors (Lipinski definition) is 2. The maximum atomic E-state index is 10.9. The Kier molecular flexibility index (Phi) is 8.17. The van der Waals surface area contributed by atoms with Crippen LogP contribution in [0.3, 0.4) is 0 Å². The number of aryl methyl sites for hydroxylation is 1. The van der Waals surface area contributed by atoms with Gasteiger partial charge in [0.15, 0.2) is 0 Å². The van der Waals surface area contributed by atoms with Crippen LogP contribution in [0.15, 0.2) is 40.9 Å². The summed E-state index contributed by atoms with van der Waals surface area (Å²) in [5.41, 5.74) is 6.35. The number of unbranched alkanes of at least 4 members (excludes halogenated alkanes) is 5. The van der Waals surface area contributed by atoms with Crippen LogP contribution in [0.4, 0.5) is 0 Å². The van der Waals surface area contributed by atoms with E-state index < -0.39 is 12.2 Å². The topological polar surface area (TPSA) is 40.5 Å². The van der Waals surface area contributed by atoms with Gasteiger partial charge in [0.1, 0.15) is 0 Å². The SMILES string of the molecule is CCCCCCCCC1(CC(O)CC(C)O)c2cc(C)ccc2-c2ccc(Br)cc21. The Bertz CT molecular complexity index is 791. The molecule has 0 saturated carbocycles. The molecule has 0 bridgehead atoms. The van der Waals surface area contributed by atoms with Crippen LogP contribution in [0, 0.1) is 6.92 Å². The Labute approximate surface area is 190 Å². The van der Waals surface area contributed by atoms with E-state index in [1.54, 1.807) is 6.92 Å². The van der Waals surface area contributed by atoms with Crippen molar-refractivity contribution in [1.29, 1.82) is 0 Å². The highest BCUT2D eigenvalue weighted by molar-refractivity contribution is 9.10. The van der Waals surface area contributed by atoms with E-state index >= 15 is 0 Å². The second-order valence-electron chi connectivity index (χ2n) is 9.28. The Morgan fingerprint density at radius 1 is 0.900 bits per heavy atom. The van der Waals surface area contributed by atoms with Gasteiger partial charge in [0.25, 0.3) is 0 Å². The molecule has 2 N–H and O–H groups in total. The molecule has 164 valence electrons. The summed E-state index contributed by atoms with van der Waals surface area (Å²) in [4.78, 5) is 0. The third-order valence-electron chi connectivity index (χ3n) is 6.63. The van der Waals surface area contributed by atoms with Crippen molar-refractivity contribution in [1.82, 2.24) is 0 Å². The van der Waals surface area contributed by atoms with Crippen molar-refractivity contribution < 1.29 is 10.2 Å². The molecule has 2 aromatic carbocycles. The Balaban J connectivity index is 1.99. The molecule has 1 aliphatic carbocycles. The van der Waals surface area contributed by atoms with Crippen LogP contribution in [0.2, 0.25) is 0 Å². The van der Waals surface area contributed by atoms with E-state index in [0.717, 1.165) is 17.3 Å². The second kappa shape index (κ2) is 10.4. The first kappa shape index (κ1) is 23.5. The van der Waals surface area contributed by atoms with Crippen molar-refractivity contribution in [3.63, 3.8) is 0 Å². The largest absolute Gasteiger partial charge is 0.393 e. The van der Waals surface area contributed by atoms with E-state index in [2.05, 4.69) is 66.2 Å². The molecule has 2 aromatic rings. The molecule has 0 radical (unpaired) electrons. The van der Waals surface area contributed by atoms with Crippen LogP contribution in [0.25, 0.3) is 11.1 Å². The van der Waals surface area contributed by atoms with E-state index in [1.807, 2.05) is 0 Å². The fourth-order valence-corrected chi connectivity index (χ4v) is 5.62. The van der Waals surface area contributed by atoms with Gasteiger partial charge in [-0.1, -0.05) is 91.2 Å². The first-order chi connectivity index (χ1) is 14.4. The smallest absolute Gasteiger partial charge is 0.0576 e. The van der Waals surface area contributed by atoms with E-state index in [9.17, 15) is 10.2 Å². The predicted octanol–water partition coefficient (Wildman–Crippen LogP) is 7.30. The lowest BCUT2D eigenvalue weighted by molar-refractivity contribution is 0.0713. The maximum Gasteiger partial charge on any atom is 0.0576 e. The number of benzene rings is 2. The van der Waals surface area contributed by atoms with Crippen LogP contribution < -0.4 is 0 Å². The first-order valence-electron chi connectivity index (χ1n) is 11.6. The van der Waals surface area contributed by atoms with Gasteiger partial charge in [-0.05, 0) is 67.5 Å². The third-order valence-corrected chi connectivity index (χ3v) is 7.13. The minimum atomic E-state index is -0.525. The lowest BCUT2D eigenvalue weighted by Crippen LogP contribution is -2.32. The van der Waals surface area contributed by atoms with Gasteiger partial charge in [-0.3, -0.25) is 0 Å². The third kappa shape index (κ3) is 5.18. The van der Waals surface area contributed by atoms with Crippen LogP contribution in [0.5, 0.6) is 0 Å². The fraction of sp³-hybridized carbons (Fsp3) is 0.556. The van der Waals surface area contributed by atoms with Crippen molar-refractivity contribution in [2.24, 2.45) is 0 Å². The molecule has 0 aromatic heterocycles. The van der Waals surface area contributed by atoms with Crippen LogP contribution in [0.1, 0.15) is 88.3 Å². The summed E-state index contributed by atoms with van der Waals surface area (Å²) in [6, 6.07) is 13.4. The van der Waals surface area contributed by atoms with Crippen molar-refractivity contribution in [3.05, 3.63) is 57.6 Å². The monoisotopic (exact) mass is 472 g/mol. The molecule has 3 heteroatoms. The summed E-state index contributed by atoms with van der Waals surface area (Å²) >= 11 is 3.69. The number of halogens is 1. The van der Waals surface area contributed by atoms with Crippen LogP contribution in [-0.2, 0) is 5.41 Å². The lowest BCUT2D eigenvalue weighted by atomic mass is 9.69. The predicted molar refractivity (Wildman–Crippen MR) is 130 cm³/mol. The summed E-state index contributed by atoms with van der Waals surface area (Å²) in [5.74, 6) is 0. The highest BCUT2D eigenvalue weighted by Gasteiger charge is 2.44. The van der Waals surface area contributed by atoms with Gasteiger partial charge >= 0.3 is 0 Å². The first-order valence-corrected chi connectivity index (χ1v) is 12.4. The quantitative estimate of drug-likeness (QED) is 0.336. The number of aliphatic hydroxyl groups excluding tert-OH is 2. The minimum Gasteiger partial charge on any atom is -0.393 e. The number of hydrogen-bond acceptors (Lipinski definition) is 2. The summed E-state index contributed by atoms with van der Waals surface area (Å²) in [6.07, 6.45) is 8.67. The van der Waals surface area contributed by atoms with Crippen molar-refractivity contribution in [3.8, 4) is 11.1 Å². The zero-order valence-electron chi connectivity index (χ0n) is 18.8. The fourth-order valence-electron chi connectivity index (χ4n) is 5.26. The van der Waals surface area contributed by atoms with Crippen LogP contribution in [-0.4, -0.2) is 22.4 Å². The molecule has 2 nitrogen and oxygen atoms in total. The van der Waals surface area contributed by atoms with Gasteiger partial charge in [-0.25, -0.2) is 0 Å². The normalized spacial score (nSPS) is 19.4. The molecule has 0 spiro atoms. The molecular formula is C27H37BrO2. The molecule has 30 heavy (non-hydrogen) atoms. The molecule has 0 amide bonds. The average Bonchev–Trinajstić information content (AvgIpc) is 2.93. The highest BCUT2D eigenvalue weighted by Crippen LogP contribution is 2.55. The van der Waals surface area contributed by atoms with Gasteiger partial charge in [0, 0.05) is 9.89 Å². The standard InChI is InChI=1S/C27H37BrO2/c1-4-5-6-7-8-9-14-27(18-22(30)16-20(3)29)25-15-19(2)10-12-23(25)24-13-11-21(28)17-26(24)27/h10-13,15,17,20,22,29-30H,4-9,14,16,18H2,1-3H3. The van der Waals surface area contributed by atoms with E-state index in [4.69, 9.17) is 0 Å². The Hall–Kier alpha value is -1.16. The molecule has 3 atom stereocenters. The van der Waals surface area contributed by atoms with E-state index in [1.165, 1.54) is 59.9 Å². The molecule has 0 saturated heterocycles. The minimum absolute atomic E-state index is 0.195. The van der Waals surface area contributed by atoms with E-state index in [-0.39, 0.29) is 5.41 Å². The van der Waals surface area contributed by atoms with Gasteiger partial charge in [0.05, 0.1) is 12.2 Å². The molecule has 0 heterocycles. The summed E-state index contributed by atoms with van der Waals surface area (Å²) in [5, 5.41) is 20.8. The van der Waals surface area contributed by atoms with Gasteiger partial charge in [0.2, 0.25) is 0 Å². The lowest BCUT2D eigenvalue weighted by Gasteiger charge is -2.35. The van der Waals surface area contributed by atoms with Crippen molar-refractivity contribution >= 4 is 15.9 Å². The molecule has 3 rings (SSSR count). The second-order valence-corrected chi connectivity index (χ2v) is 10.2. The zero-order chi connectivity index (χ0) is 21.7. The van der Waals surface area contributed by atoms with Gasteiger partial charge < -0.3 is 10.2 Å². The Morgan fingerprint density at radius 3 is 2.23 bits per heavy atom. The number of aliphatic hydroxyl groups is 2. The van der Waals surface area contributed by atoms with Gasteiger partial charge in [-0.2, -0.15) is 0 Å². The summed E-state index contributed by atoms with van der Waals surface area (Å²) in [6.45, 7) is 6.17. The molecule has 0 fully saturated rings. The van der Waals surface area contributed by atoms with E-state index in [0.29, 0.717) is 12.8 Å². The molecule has 1 aliphatic rings. The van der Waals surface area contributed by atoms with Crippen LogP contribution >= 0.6 is 15.9 Å². The average molecular weight is 473 g/mol. The number of rotatable bonds is 11. The summed E-state index contributed by atoms with van der Waals surface area (Å²) in [7, 11) is 0.